The van der Waals surface area contributed by atoms with Crippen molar-refractivity contribution in [2.75, 3.05) is 43.5 Å². The van der Waals surface area contributed by atoms with Crippen LogP contribution < -0.4 is 10.2 Å². The summed E-state index contributed by atoms with van der Waals surface area (Å²) in [7, 11) is -1.26. The monoisotopic (exact) mass is 424 g/mol. The van der Waals surface area contributed by atoms with E-state index in [1.165, 1.54) is 0 Å². The Hall–Kier alpha value is -1.93. The van der Waals surface area contributed by atoms with E-state index in [-0.39, 0.29) is 48.4 Å². The maximum Gasteiger partial charge on any atom is 0.279 e. The van der Waals surface area contributed by atoms with E-state index in [1.54, 1.807) is 11.9 Å². The Labute approximate surface area is 174 Å². The molecule has 1 saturated heterocycles. The van der Waals surface area contributed by atoms with Gasteiger partial charge in [-0.2, -0.15) is 0 Å². The molecule has 2 atom stereocenters. The van der Waals surface area contributed by atoms with Crippen LogP contribution in [0.5, 0.6) is 0 Å². The van der Waals surface area contributed by atoms with Crippen molar-refractivity contribution in [2.24, 2.45) is 5.92 Å². The minimum Gasteiger partial charge on any atom is -0.334 e. The number of sulfone groups is 1. The number of amides is 2. The number of carbonyl (C=O) groups is 2. The summed E-state index contributed by atoms with van der Waals surface area (Å²) in [5.74, 6) is 0.175. The van der Waals surface area contributed by atoms with Crippen LogP contribution in [0.1, 0.15) is 31.4 Å². The molecule has 7 nitrogen and oxygen atoms in total. The van der Waals surface area contributed by atoms with Gasteiger partial charge in [-0.25, -0.2) is 8.42 Å². The van der Waals surface area contributed by atoms with Crippen molar-refractivity contribution in [1.29, 1.82) is 0 Å². The standard InChI is InChI=1S/C21H33N3O4S/c1-15(2)11-24(18-9-10-29(27,28)14-18)21(26)13-23(5)12-20(25)22-19-8-6-7-16(3)17(19)4/h6-8,15,18H,9-14H2,1-5H3,(H,22,25)/p+1/t18-/m0/s1. The van der Waals surface area contributed by atoms with E-state index in [2.05, 4.69) is 5.32 Å². The molecule has 0 radical (unpaired) electrons. The summed E-state index contributed by atoms with van der Waals surface area (Å²) >= 11 is 0. The SMILES string of the molecule is Cc1cccc(NC(=O)C[NH+](C)CC(=O)N(CC(C)C)[C@H]2CCS(=O)(=O)C2)c1C. The predicted octanol–water partition coefficient (Wildman–Crippen LogP) is 0.428. The van der Waals surface area contributed by atoms with Gasteiger partial charge in [-0.1, -0.05) is 26.0 Å². The fourth-order valence-corrected chi connectivity index (χ4v) is 5.38. The van der Waals surface area contributed by atoms with E-state index in [4.69, 9.17) is 0 Å². The van der Waals surface area contributed by atoms with Crippen molar-refractivity contribution in [1.82, 2.24) is 4.90 Å². The molecule has 1 heterocycles. The Morgan fingerprint density at radius 2 is 1.93 bits per heavy atom. The lowest BCUT2D eigenvalue weighted by Gasteiger charge is -2.30. The molecule has 29 heavy (non-hydrogen) atoms. The van der Waals surface area contributed by atoms with E-state index < -0.39 is 9.84 Å². The Kier molecular flexibility index (Phi) is 7.82. The molecule has 0 bridgehead atoms. The molecule has 0 aliphatic carbocycles. The van der Waals surface area contributed by atoms with E-state index in [0.29, 0.717) is 13.0 Å². The number of nitrogens with zero attached hydrogens (tertiary/aromatic N) is 1. The molecular formula is C21H34N3O4S+. The van der Waals surface area contributed by atoms with Gasteiger partial charge in [0.2, 0.25) is 0 Å². The van der Waals surface area contributed by atoms with Crippen molar-refractivity contribution in [3.05, 3.63) is 29.3 Å². The quantitative estimate of drug-likeness (QED) is 0.634. The Morgan fingerprint density at radius 3 is 2.52 bits per heavy atom. The van der Waals surface area contributed by atoms with E-state index in [9.17, 15) is 18.0 Å². The van der Waals surface area contributed by atoms with Gasteiger partial charge in [0.05, 0.1) is 18.6 Å². The number of quaternary nitrogens is 1. The van der Waals surface area contributed by atoms with Crippen LogP contribution in [0.4, 0.5) is 5.69 Å². The topological polar surface area (TPSA) is 88.0 Å². The van der Waals surface area contributed by atoms with Crippen molar-refractivity contribution >= 4 is 27.3 Å². The van der Waals surface area contributed by atoms with Gasteiger partial charge in [0.15, 0.2) is 22.9 Å². The Balaban J connectivity index is 1.96. The molecule has 2 amide bonds. The van der Waals surface area contributed by atoms with Gasteiger partial charge >= 0.3 is 0 Å². The second-order valence-electron chi connectivity index (χ2n) is 8.60. The van der Waals surface area contributed by atoms with Gasteiger partial charge in [0.1, 0.15) is 0 Å². The third-order valence-electron chi connectivity index (χ3n) is 5.33. The van der Waals surface area contributed by atoms with Crippen molar-refractivity contribution in [3.8, 4) is 0 Å². The van der Waals surface area contributed by atoms with Gasteiger partial charge in [0.25, 0.3) is 11.8 Å². The van der Waals surface area contributed by atoms with Crippen molar-refractivity contribution in [2.45, 2.75) is 40.2 Å². The van der Waals surface area contributed by atoms with Crippen LogP contribution in [0.15, 0.2) is 18.2 Å². The zero-order valence-electron chi connectivity index (χ0n) is 18.1. The van der Waals surface area contributed by atoms with Crippen LogP contribution in [-0.4, -0.2) is 69.4 Å². The number of carbonyl (C=O) groups excluding carboxylic acids is 2. The molecule has 162 valence electrons. The first-order chi connectivity index (χ1) is 13.5. The Morgan fingerprint density at radius 1 is 1.24 bits per heavy atom. The first-order valence-electron chi connectivity index (χ1n) is 10.2. The maximum absolute atomic E-state index is 12.9. The molecule has 0 aromatic heterocycles. The smallest absolute Gasteiger partial charge is 0.279 e. The largest absolute Gasteiger partial charge is 0.334 e. The second-order valence-corrected chi connectivity index (χ2v) is 10.8. The number of hydrogen-bond donors (Lipinski definition) is 2. The number of aryl methyl sites for hydroxylation is 1. The number of nitrogens with one attached hydrogen (secondary N) is 2. The minimum absolute atomic E-state index is 0.0393. The van der Waals surface area contributed by atoms with Crippen LogP contribution in [0.2, 0.25) is 0 Å². The lowest BCUT2D eigenvalue weighted by molar-refractivity contribution is -0.862. The summed E-state index contributed by atoms with van der Waals surface area (Å²) in [6.07, 6.45) is 0.493. The fraction of sp³-hybridized carbons (Fsp3) is 0.619. The van der Waals surface area contributed by atoms with E-state index in [0.717, 1.165) is 21.7 Å². The molecule has 1 aliphatic heterocycles. The number of likely N-dealkylation sites (N-methyl/N-ethyl adjacent to an activating group) is 1. The molecule has 2 rings (SSSR count). The fourth-order valence-electron chi connectivity index (χ4n) is 3.65. The summed E-state index contributed by atoms with van der Waals surface area (Å²) in [5.41, 5.74) is 2.92. The number of rotatable bonds is 8. The number of anilines is 1. The summed E-state index contributed by atoms with van der Waals surface area (Å²) in [4.78, 5) is 27.8. The van der Waals surface area contributed by atoms with Crippen LogP contribution in [-0.2, 0) is 19.4 Å². The van der Waals surface area contributed by atoms with Crippen molar-refractivity contribution < 1.29 is 22.9 Å². The Bertz CT molecular complexity index is 851. The molecular weight excluding hydrogens is 390 g/mol. The summed E-state index contributed by atoms with van der Waals surface area (Å²) in [6.45, 7) is 8.83. The molecule has 0 spiro atoms. The number of benzene rings is 1. The normalized spacial score (nSPS) is 19.2. The molecule has 0 saturated carbocycles. The highest BCUT2D eigenvalue weighted by atomic mass is 32.2. The molecule has 1 aromatic carbocycles. The highest BCUT2D eigenvalue weighted by Crippen LogP contribution is 2.19. The number of hydrogen-bond acceptors (Lipinski definition) is 4. The van der Waals surface area contributed by atoms with Gasteiger partial charge < -0.3 is 15.1 Å². The molecule has 2 N–H and O–H groups in total. The van der Waals surface area contributed by atoms with E-state index in [1.807, 2.05) is 45.9 Å². The lowest BCUT2D eigenvalue weighted by atomic mass is 10.1. The highest BCUT2D eigenvalue weighted by molar-refractivity contribution is 7.91. The predicted molar refractivity (Wildman–Crippen MR) is 115 cm³/mol. The molecule has 1 aromatic rings. The average molecular weight is 425 g/mol. The summed E-state index contributed by atoms with van der Waals surface area (Å²) in [6, 6.07) is 5.50. The average Bonchev–Trinajstić information content (AvgIpc) is 2.96. The summed E-state index contributed by atoms with van der Waals surface area (Å²) in [5, 5.41) is 2.92. The molecule has 1 fully saturated rings. The zero-order valence-corrected chi connectivity index (χ0v) is 18.9. The summed E-state index contributed by atoms with van der Waals surface area (Å²) < 4.78 is 23.7. The minimum atomic E-state index is -3.06. The van der Waals surface area contributed by atoms with Crippen LogP contribution in [0, 0.1) is 19.8 Å². The maximum atomic E-state index is 12.9. The third kappa shape index (κ3) is 6.82. The first-order valence-corrected chi connectivity index (χ1v) is 12.0. The van der Waals surface area contributed by atoms with Crippen molar-refractivity contribution in [3.63, 3.8) is 0 Å². The molecule has 1 aliphatic rings. The third-order valence-corrected chi connectivity index (χ3v) is 7.08. The van der Waals surface area contributed by atoms with E-state index >= 15 is 0 Å². The highest BCUT2D eigenvalue weighted by Gasteiger charge is 2.35. The van der Waals surface area contributed by atoms with Gasteiger partial charge in [-0.3, -0.25) is 9.59 Å². The second kappa shape index (κ2) is 9.71. The molecule has 8 heteroatoms. The van der Waals surface area contributed by atoms with Gasteiger partial charge in [-0.15, -0.1) is 0 Å². The van der Waals surface area contributed by atoms with Gasteiger partial charge in [-0.05, 0) is 43.4 Å². The first kappa shape index (κ1) is 23.3. The zero-order chi connectivity index (χ0) is 21.8. The lowest BCUT2D eigenvalue weighted by Crippen LogP contribution is -3.11. The van der Waals surface area contributed by atoms with Crippen LogP contribution >= 0.6 is 0 Å². The molecule has 1 unspecified atom stereocenters. The van der Waals surface area contributed by atoms with Crippen LogP contribution in [0.3, 0.4) is 0 Å². The van der Waals surface area contributed by atoms with Crippen LogP contribution in [0.25, 0.3) is 0 Å². The van der Waals surface area contributed by atoms with Gasteiger partial charge in [0, 0.05) is 18.3 Å².